The first-order chi connectivity index (χ1) is 11.6. The molecule has 0 saturated carbocycles. The van der Waals surface area contributed by atoms with Crippen LogP contribution < -0.4 is 11.1 Å². The van der Waals surface area contributed by atoms with Gasteiger partial charge < -0.3 is 15.8 Å². The first-order valence-electron chi connectivity index (χ1n) is 9.10. The van der Waals surface area contributed by atoms with Crippen LogP contribution >= 0.6 is 11.3 Å². The molecular weight excluding hydrogens is 348 g/mol. The minimum atomic E-state index is -0.536. The van der Waals surface area contributed by atoms with Crippen LogP contribution in [0.15, 0.2) is 0 Å². The molecule has 146 valence electrons. The zero-order valence-electron chi connectivity index (χ0n) is 17.2. The van der Waals surface area contributed by atoms with Crippen molar-refractivity contribution in [2.45, 2.75) is 79.4 Å². The third kappa shape index (κ3) is 4.46. The molecule has 1 atom stereocenters. The minimum Gasteiger partial charge on any atom is -0.365 e. The highest BCUT2D eigenvalue weighted by Crippen LogP contribution is 2.48. The normalized spacial score (nSPS) is 19.5. The Morgan fingerprint density at radius 3 is 2.35 bits per heavy atom. The van der Waals surface area contributed by atoms with E-state index < -0.39 is 17.1 Å². The van der Waals surface area contributed by atoms with Crippen molar-refractivity contribution in [2.24, 2.45) is 17.1 Å². The van der Waals surface area contributed by atoms with E-state index in [1.165, 1.54) is 11.3 Å². The summed E-state index contributed by atoms with van der Waals surface area (Å²) in [6.45, 7) is 16.2. The van der Waals surface area contributed by atoms with Crippen molar-refractivity contribution in [3.8, 4) is 0 Å². The number of carbonyl (C=O) groups excluding carboxylic acids is 2. The van der Waals surface area contributed by atoms with Gasteiger partial charge in [-0.15, -0.1) is 11.3 Å². The van der Waals surface area contributed by atoms with E-state index in [-0.39, 0.29) is 17.2 Å². The lowest BCUT2D eigenvalue weighted by molar-refractivity contribution is -0.135. The monoisotopic (exact) mass is 380 g/mol. The van der Waals surface area contributed by atoms with Gasteiger partial charge in [0, 0.05) is 17.2 Å². The van der Waals surface area contributed by atoms with E-state index in [9.17, 15) is 9.59 Å². The Bertz CT molecular complexity index is 726. The first-order valence-corrected chi connectivity index (χ1v) is 9.91. The van der Waals surface area contributed by atoms with Crippen LogP contribution in [0.3, 0.4) is 0 Å². The second kappa shape index (κ2) is 6.64. The molecule has 0 aromatic carbocycles. The fourth-order valence-electron chi connectivity index (χ4n) is 3.91. The Hall–Kier alpha value is -1.40. The van der Waals surface area contributed by atoms with E-state index in [2.05, 4.69) is 26.1 Å². The van der Waals surface area contributed by atoms with E-state index in [0.717, 1.165) is 16.9 Å². The number of hydrogen-bond donors (Lipinski definition) is 2. The number of fused-ring (bicyclic) bond motifs is 1. The van der Waals surface area contributed by atoms with Gasteiger partial charge in [0.05, 0.1) is 16.8 Å². The molecule has 1 aromatic rings. The third-order valence-corrected chi connectivity index (χ3v) is 5.99. The summed E-state index contributed by atoms with van der Waals surface area (Å²) >= 11 is 1.40. The molecule has 1 aliphatic heterocycles. The molecule has 0 bridgehead atoms. The molecule has 1 unspecified atom stereocenters. The average molecular weight is 381 g/mol. The van der Waals surface area contributed by atoms with Gasteiger partial charge in [-0.2, -0.15) is 0 Å². The summed E-state index contributed by atoms with van der Waals surface area (Å²) in [5.74, 6) is -0.746. The zero-order chi connectivity index (χ0) is 20.1. The molecule has 3 N–H and O–H groups in total. The number of nitrogens with two attached hydrogens (primary N) is 1. The number of thiophene rings is 1. The number of rotatable bonds is 4. The van der Waals surface area contributed by atoms with Gasteiger partial charge >= 0.3 is 0 Å². The molecule has 0 spiro atoms. The molecule has 2 rings (SSSR count). The number of anilines is 1. The number of amides is 2. The molecule has 2 amide bonds. The highest BCUT2D eigenvalue weighted by molar-refractivity contribution is 7.17. The Morgan fingerprint density at radius 2 is 1.85 bits per heavy atom. The molecular formula is C20H32N2O3S. The Kier molecular flexibility index (Phi) is 5.34. The van der Waals surface area contributed by atoms with E-state index in [1.807, 2.05) is 34.6 Å². The number of hydrogen-bond acceptors (Lipinski definition) is 4. The standard InChI is InChI=1S/C20H32N2O3S/c1-11(9-18(2,3)4)16(24)22-17-13(15(21)23)12-10-19(5,6)25-20(7,8)14(12)26-17/h11H,9-10H2,1-8H3,(H2,21,23)(H,22,24). The lowest BCUT2D eigenvalue weighted by atomic mass is 9.85. The highest BCUT2D eigenvalue weighted by Gasteiger charge is 2.43. The van der Waals surface area contributed by atoms with Gasteiger partial charge in [-0.3, -0.25) is 9.59 Å². The van der Waals surface area contributed by atoms with Gasteiger partial charge in [-0.05, 0) is 45.1 Å². The molecule has 1 aromatic heterocycles. The highest BCUT2D eigenvalue weighted by atomic mass is 32.1. The largest absolute Gasteiger partial charge is 0.365 e. The number of nitrogens with one attached hydrogen (secondary N) is 1. The van der Waals surface area contributed by atoms with Crippen LogP contribution in [0, 0.1) is 11.3 Å². The van der Waals surface area contributed by atoms with Crippen molar-refractivity contribution < 1.29 is 14.3 Å². The van der Waals surface area contributed by atoms with Crippen LogP contribution in [-0.2, 0) is 21.6 Å². The summed E-state index contributed by atoms with van der Waals surface area (Å²) in [6.07, 6.45) is 1.35. The quantitative estimate of drug-likeness (QED) is 0.810. The molecule has 0 radical (unpaired) electrons. The van der Waals surface area contributed by atoms with Crippen molar-refractivity contribution in [3.05, 3.63) is 16.0 Å². The number of carbonyl (C=O) groups is 2. The van der Waals surface area contributed by atoms with Gasteiger partial charge in [0.1, 0.15) is 5.00 Å². The van der Waals surface area contributed by atoms with Crippen molar-refractivity contribution in [3.63, 3.8) is 0 Å². The maximum atomic E-state index is 12.7. The third-order valence-electron chi connectivity index (χ3n) is 4.54. The summed E-state index contributed by atoms with van der Waals surface area (Å²) in [5.41, 5.74) is 6.15. The smallest absolute Gasteiger partial charge is 0.251 e. The topological polar surface area (TPSA) is 81.4 Å². The second-order valence-electron chi connectivity index (χ2n) is 9.68. The van der Waals surface area contributed by atoms with Crippen LogP contribution in [0.2, 0.25) is 0 Å². The van der Waals surface area contributed by atoms with Crippen molar-refractivity contribution in [1.82, 2.24) is 0 Å². The molecule has 0 fully saturated rings. The maximum Gasteiger partial charge on any atom is 0.251 e. The maximum absolute atomic E-state index is 12.7. The van der Waals surface area contributed by atoms with Gasteiger partial charge in [-0.25, -0.2) is 0 Å². The summed E-state index contributed by atoms with van der Waals surface area (Å²) in [5, 5.41) is 3.50. The van der Waals surface area contributed by atoms with E-state index in [4.69, 9.17) is 10.5 Å². The lowest BCUT2D eigenvalue weighted by Gasteiger charge is -2.41. The molecule has 0 saturated heterocycles. The lowest BCUT2D eigenvalue weighted by Crippen LogP contribution is -2.42. The molecule has 5 nitrogen and oxygen atoms in total. The molecule has 26 heavy (non-hydrogen) atoms. The van der Waals surface area contributed by atoms with Crippen LogP contribution in [0.1, 0.15) is 82.6 Å². The van der Waals surface area contributed by atoms with Crippen LogP contribution in [-0.4, -0.2) is 17.4 Å². The molecule has 1 aliphatic rings. The average Bonchev–Trinajstić information content (AvgIpc) is 2.73. The van der Waals surface area contributed by atoms with Crippen molar-refractivity contribution >= 4 is 28.2 Å². The van der Waals surface area contributed by atoms with Gasteiger partial charge in [0.2, 0.25) is 5.91 Å². The first kappa shape index (κ1) is 20.9. The van der Waals surface area contributed by atoms with Crippen LogP contribution in [0.25, 0.3) is 0 Å². The van der Waals surface area contributed by atoms with E-state index >= 15 is 0 Å². The predicted octanol–water partition coefficient (Wildman–Crippen LogP) is 4.44. The van der Waals surface area contributed by atoms with Gasteiger partial charge in [0.15, 0.2) is 0 Å². The predicted molar refractivity (Wildman–Crippen MR) is 107 cm³/mol. The summed E-state index contributed by atoms with van der Waals surface area (Å²) in [7, 11) is 0. The summed E-state index contributed by atoms with van der Waals surface area (Å²) < 4.78 is 6.20. The van der Waals surface area contributed by atoms with Gasteiger partial charge in [0.25, 0.3) is 5.91 Å². The van der Waals surface area contributed by atoms with Gasteiger partial charge in [-0.1, -0.05) is 27.7 Å². The van der Waals surface area contributed by atoms with Crippen molar-refractivity contribution in [2.75, 3.05) is 5.32 Å². The van der Waals surface area contributed by atoms with Crippen LogP contribution in [0.4, 0.5) is 5.00 Å². The Labute approximate surface area is 160 Å². The van der Waals surface area contributed by atoms with E-state index in [0.29, 0.717) is 17.0 Å². The van der Waals surface area contributed by atoms with Crippen molar-refractivity contribution in [1.29, 1.82) is 0 Å². The fourth-order valence-corrected chi connectivity index (χ4v) is 5.18. The second-order valence-corrected chi connectivity index (χ2v) is 10.7. The fraction of sp³-hybridized carbons (Fsp3) is 0.700. The molecule has 2 heterocycles. The van der Waals surface area contributed by atoms with E-state index in [1.54, 1.807) is 0 Å². The summed E-state index contributed by atoms with van der Waals surface area (Å²) in [4.78, 5) is 25.8. The van der Waals surface area contributed by atoms with Crippen LogP contribution in [0.5, 0.6) is 0 Å². The molecule has 6 heteroatoms. The Morgan fingerprint density at radius 1 is 1.27 bits per heavy atom. The Balaban J connectivity index is 2.41. The number of ether oxygens (including phenoxy) is 1. The number of primary amides is 1. The minimum absolute atomic E-state index is 0.0534. The summed E-state index contributed by atoms with van der Waals surface area (Å²) in [6, 6.07) is 0. The zero-order valence-corrected chi connectivity index (χ0v) is 18.0. The molecule has 0 aliphatic carbocycles. The SMILES string of the molecule is CC(CC(C)(C)C)C(=O)Nc1sc2c(c1C(N)=O)CC(C)(C)OC2(C)C.